The molecule has 3 aromatic carbocycles. The van der Waals surface area contributed by atoms with Crippen LogP contribution in [0.5, 0.6) is 0 Å². The number of rotatable bonds is 3. The van der Waals surface area contributed by atoms with Crippen LogP contribution in [0.1, 0.15) is 47.8 Å². The number of benzene rings is 3. The Kier molecular flexibility index (Phi) is 10.8. The second kappa shape index (κ2) is 14.3. The van der Waals surface area contributed by atoms with Gasteiger partial charge in [-0.2, -0.15) is 0 Å². The predicted octanol–water partition coefficient (Wildman–Crippen LogP) is 6.08. The van der Waals surface area contributed by atoms with Gasteiger partial charge in [-0.1, -0.05) is 54.6 Å². The van der Waals surface area contributed by atoms with Crippen molar-refractivity contribution in [1.82, 2.24) is 15.0 Å². The molecule has 3 heterocycles. The standard InChI is InChI=1S/3C11H10N2O2.Fe/c3*1-6-7-4-2-3-5-8(7)13-11(15)9(6)10(12)14;/h3*2-5H,1H3,(H3,12,13,14,15);/q;;;+3/p-3. The second-order valence-corrected chi connectivity index (χ2v) is 9.99. The number of hydrogen-bond donors (Lipinski definition) is 3. The number of carbonyl (C=O) groups excluding carboxylic acids is 3. The van der Waals surface area contributed by atoms with Crippen molar-refractivity contribution in [2.75, 3.05) is 0 Å². The van der Waals surface area contributed by atoms with Gasteiger partial charge < -0.3 is 46.5 Å². The Morgan fingerprint density at radius 2 is 0.674 bits per heavy atom. The normalized spacial score (nSPS) is 10.2. The van der Waals surface area contributed by atoms with E-state index in [4.69, 9.17) is 17.2 Å². The molecule has 0 saturated heterocycles. The van der Waals surface area contributed by atoms with E-state index in [9.17, 15) is 28.8 Å². The first-order chi connectivity index (χ1) is 21.3. The number of nitrogens with one attached hydrogen (secondary N) is 6. The van der Waals surface area contributed by atoms with Gasteiger partial charge >= 0.3 is 17.1 Å². The number of amides is 3. The maximum absolute atomic E-state index is 11.5. The van der Waals surface area contributed by atoms with Crippen molar-refractivity contribution >= 4 is 50.4 Å². The van der Waals surface area contributed by atoms with E-state index in [1.165, 1.54) is 0 Å². The van der Waals surface area contributed by atoms with Crippen LogP contribution >= 0.6 is 0 Å². The van der Waals surface area contributed by atoms with Crippen molar-refractivity contribution in [3.63, 3.8) is 0 Å². The Morgan fingerprint density at radius 3 is 0.891 bits per heavy atom. The summed E-state index contributed by atoms with van der Waals surface area (Å²) in [5.41, 5.74) is 23.1. The van der Waals surface area contributed by atoms with Crippen LogP contribution in [-0.2, 0) is 17.1 Å². The van der Waals surface area contributed by atoms with Crippen LogP contribution in [0.3, 0.4) is 0 Å². The summed E-state index contributed by atoms with van der Waals surface area (Å²) >= 11 is 0. The molecule has 6 N–H and O–H groups in total. The molecular formula is C33H27FeN6O6. The van der Waals surface area contributed by atoms with Gasteiger partial charge in [0.15, 0.2) is 0 Å². The molecule has 0 fully saturated rings. The number of fused-ring (bicyclic) bond motifs is 3. The van der Waals surface area contributed by atoms with E-state index in [0.717, 1.165) is 16.2 Å². The number of aromatic nitrogens is 3. The van der Waals surface area contributed by atoms with E-state index in [-0.39, 0.29) is 33.8 Å². The van der Waals surface area contributed by atoms with Crippen molar-refractivity contribution in [1.29, 1.82) is 0 Å². The monoisotopic (exact) mass is 659 g/mol. The van der Waals surface area contributed by atoms with E-state index < -0.39 is 34.4 Å². The van der Waals surface area contributed by atoms with Crippen molar-refractivity contribution in [2.45, 2.75) is 20.8 Å². The average molecular weight is 659 g/mol. The fraction of sp³-hybridized carbons (Fsp3) is 0.0909. The summed E-state index contributed by atoms with van der Waals surface area (Å²) in [6.07, 6.45) is 0. The first-order valence-electron chi connectivity index (χ1n) is 13.5. The first-order valence-corrected chi connectivity index (χ1v) is 13.5. The zero-order chi connectivity index (χ0) is 33.0. The molecule has 0 atom stereocenters. The van der Waals surface area contributed by atoms with Crippen LogP contribution < -0.4 is 16.7 Å². The third kappa shape index (κ3) is 6.96. The van der Waals surface area contributed by atoms with Crippen molar-refractivity contribution in [2.24, 2.45) is 0 Å². The van der Waals surface area contributed by atoms with Gasteiger partial charge in [0.25, 0.3) is 16.7 Å². The van der Waals surface area contributed by atoms with Crippen LogP contribution in [0, 0.1) is 20.8 Å². The van der Waals surface area contributed by atoms with E-state index >= 15 is 0 Å². The van der Waals surface area contributed by atoms with Crippen molar-refractivity contribution < 1.29 is 31.5 Å². The molecule has 0 aliphatic carbocycles. The molecule has 0 spiro atoms. The van der Waals surface area contributed by atoms with Crippen molar-refractivity contribution in [3.8, 4) is 0 Å². The topological polar surface area (TPSA) is 221 Å². The number of aryl methyl sites for hydroxylation is 3. The van der Waals surface area contributed by atoms with Crippen LogP contribution in [-0.4, -0.2) is 32.7 Å². The SMILES string of the molecule is Cc1c(C([NH-])=O)c(=O)[nH]c2ccccc12.Cc1c(C([NH-])=O)c(=O)[nH]c2ccccc12.Cc1c(C([NH-])=O)c(=O)[nH]c2ccccc12.[Fe+3]. The molecule has 3 aromatic heterocycles. The number of carbonyl (C=O) groups is 3. The van der Waals surface area contributed by atoms with Gasteiger partial charge in [0, 0.05) is 32.7 Å². The van der Waals surface area contributed by atoms with Gasteiger partial charge in [-0.15, -0.1) is 0 Å². The Labute approximate surface area is 271 Å². The Bertz CT molecular complexity index is 2060. The third-order valence-corrected chi connectivity index (χ3v) is 7.23. The molecule has 46 heavy (non-hydrogen) atoms. The van der Waals surface area contributed by atoms with E-state index in [2.05, 4.69) is 15.0 Å². The van der Waals surface area contributed by atoms with Crippen LogP contribution in [0.25, 0.3) is 49.9 Å². The molecule has 12 nitrogen and oxygen atoms in total. The number of aromatic amines is 3. The minimum Gasteiger partial charge on any atom is -0.663 e. The minimum absolute atomic E-state index is 0. The third-order valence-electron chi connectivity index (χ3n) is 7.23. The molecule has 0 aliphatic rings. The first kappa shape index (κ1) is 34.7. The van der Waals surface area contributed by atoms with Gasteiger partial charge in [0.1, 0.15) is 0 Å². The Hall–Kier alpha value is -5.78. The molecular weight excluding hydrogens is 632 g/mol. The Morgan fingerprint density at radius 1 is 0.457 bits per heavy atom. The molecule has 6 aromatic rings. The summed E-state index contributed by atoms with van der Waals surface area (Å²) in [7, 11) is 0. The minimum atomic E-state index is -0.945. The fourth-order valence-electron chi connectivity index (χ4n) is 5.05. The van der Waals surface area contributed by atoms with Crippen LogP contribution in [0.4, 0.5) is 0 Å². The smallest absolute Gasteiger partial charge is 0.663 e. The van der Waals surface area contributed by atoms with Crippen LogP contribution in [0.15, 0.2) is 87.2 Å². The van der Waals surface area contributed by atoms with Crippen LogP contribution in [0.2, 0.25) is 0 Å². The summed E-state index contributed by atoms with van der Waals surface area (Å²) in [6, 6.07) is 21.6. The average Bonchev–Trinajstić information content (AvgIpc) is 2.97. The molecule has 0 saturated carbocycles. The molecule has 0 bridgehead atoms. The van der Waals surface area contributed by atoms with E-state index in [1.807, 2.05) is 36.4 Å². The van der Waals surface area contributed by atoms with Gasteiger partial charge in [-0.3, -0.25) is 14.4 Å². The zero-order valence-electron chi connectivity index (χ0n) is 24.7. The van der Waals surface area contributed by atoms with Gasteiger partial charge in [0.2, 0.25) is 0 Å². The number of para-hydroxylation sites is 3. The summed E-state index contributed by atoms with van der Waals surface area (Å²) in [6.45, 7) is 5.04. The summed E-state index contributed by atoms with van der Waals surface area (Å²) < 4.78 is 0. The molecule has 1 radical (unpaired) electrons. The quantitative estimate of drug-likeness (QED) is 0.191. The maximum Gasteiger partial charge on any atom is 3.00 e. The summed E-state index contributed by atoms with van der Waals surface area (Å²) in [5.74, 6) is -2.83. The number of H-pyrrole nitrogens is 3. The van der Waals surface area contributed by atoms with Gasteiger partial charge in [-0.25, -0.2) is 0 Å². The number of hydrogen-bond acceptors (Lipinski definition) is 6. The molecule has 3 amide bonds. The molecule has 13 heteroatoms. The fourth-order valence-corrected chi connectivity index (χ4v) is 5.05. The van der Waals surface area contributed by atoms with E-state index in [1.54, 1.807) is 57.2 Å². The molecule has 0 aliphatic heterocycles. The predicted molar refractivity (Wildman–Crippen MR) is 174 cm³/mol. The second-order valence-electron chi connectivity index (χ2n) is 9.99. The molecule has 0 unspecified atom stereocenters. The van der Waals surface area contributed by atoms with Gasteiger partial charge in [-0.05, 0) is 55.7 Å². The summed E-state index contributed by atoms with van der Waals surface area (Å²) in [5, 5.41) is 2.40. The van der Waals surface area contributed by atoms with Crippen molar-refractivity contribution in [3.05, 3.63) is 154 Å². The Balaban J connectivity index is 0.000000186. The molecule has 233 valence electrons. The summed E-state index contributed by atoms with van der Waals surface area (Å²) in [4.78, 5) is 75.2. The van der Waals surface area contributed by atoms with E-state index in [0.29, 0.717) is 33.2 Å². The van der Waals surface area contributed by atoms with Gasteiger partial charge in [0.05, 0.1) is 34.4 Å². The molecule has 6 rings (SSSR count). The maximum atomic E-state index is 11.5. The largest absolute Gasteiger partial charge is 3.00 e. The zero-order valence-corrected chi connectivity index (χ0v) is 25.8. The number of pyridine rings is 3.